The van der Waals surface area contributed by atoms with Gasteiger partial charge in [0.25, 0.3) is 0 Å². The summed E-state index contributed by atoms with van der Waals surface area (Å²) < 4.78 is 2.67. The van der Waals surface area contributed by atoms with Crippen molar-refractivity contribution < 1.29 is 9.90 Å². The second kappa shape index (κ2) is 5.14. The fraction of sp³-hybridized carbons (Fsp3) is 0.214. The van der Waals surface area contributed by atoms with Gasteiger partial charge in [0.1, 0.15) is 5.69 Å². The van der Waals surface area contributed by atoms with E-state index in [-0.39, 0.29) is 0 Å². The zero-order valence-corrected chi connectivity index (χ0v) is 12.4. The number of aromatic carboxylic acids is 1. The van der Waals surface area contributed by atoms with Gasteiger partial charge >= 0.3 is 5.97 Å². The Bertz CT molecular complexity index is 587. The molecule has 0 amide bonds. The van der Waals surface area contributed by atoms with Gasteiger partial charge in [-0.3, -0.25) is 0 Å². The van der Waals surface area contributed by atoms with Crippen LogP contribution < -0.4 is 0 Å². The number of rotatable bonds is 3. The van der Waals surface area contributed by atoms with Gasteiger partial charge in [0.15, 0.2) is 0 Å². The summed E-state index contributed by atoms with van der Waals surface area (Å²) >= 11 is 2.13. The lowest BCUT2D eigenvalue weighted by atomic mass is 10.0. The summed E-state index contributed by atoms with van der Waals surface area (Å²) in [5.41, 5.74) is 2.38. The van der Waals surface area contributed by atoms with Gasteiger partial charge in [-0.1, -0.05) is 32.0 Å². The standard InChI is InChI=1S/C14H14INO2/c1-9(2)11-5-3-4-6-12(11)16-8-10(15)7-13(16)14(17)18/h3-9H,1-2H3,(H,17,18). The van der Waals surface area contributed by atoms with Gasteiger partial charge in [-0.25, -0.2) is 4.79 Å². The number of benzene rings is 1. The number of carboxylic acid groups (broad SMARTS) is 1. The molecule has 4 heteroatoms. The molecule has 0 aliphatic carbocycles. The average Bonchev–Trinajstić information content (AvgIpc) is 2.71. The van der Waals surface area contributed by atoms with Crippen LogP contribution in [0.4, 0.5) is 0 Å². The maximum atomic E-state index is 11.3. The minimum atomic E-state index is -0.906. The number of carbonyl (C=O) groups is 1. The fourth-order valence-corrected chi connectivity index (χ4v) is 2.56. The highest BCUT2D eigenvalue weighted by Gasteiger charge is 2.15. The molecule has 0 saturated carbocycles. The fourth-order valence-electron chi connectivity index (χ4n) is 1.99. The van der Waals surface area contributed by atoms with Crippen LogP contribution in [0, 0.1) is 3.57 Å². The van der Waals surface area contributed by atoms with Gasteiger partial charge in [-0.15, -0.1) is 0 Å². The molecule has 0 aliphatic heterocycles. The third-order valence-corrected chi connectivity index (χ3v) is 3.41. The second-order valence-corrected chi connectivity index (χ2v) is 5.68. The average molecular weight is 355 g/mol. The summed E-state index contributed by atoms with van der Waals surface area (Å²) in [5.74, 6) is -0.556. The van der Waals surface area contributed by atoms with Crippen molar-refractivity contribution >= 4 is 28.6 Å². The molecule has 1 aromatic heterocycles. The van der Waals surface area contributed by atoms with E-state index in [4.69, 9.17) is 0 Å². The number of aromatic nitrogens is 1. The molecule has 0 saturated heterocycles. The predicted octanol–water partition coefficient (Wildman–Crippen LogP) is 3.90. The molecule has 0 radical (unpaired) electrons. The van der Waals surface area contributed by atoms with Crippen LogP contribution in [0.5, 0.6) is 0 Å². The Kier molecular flexibility index (Phi) is 3.75. The van der Waals surface area contributed by atoms with Crippen molar-refractivity contribution in [3.63, 3.8) is 0 Å². The summed E-state index contributed by atoms with van der Waals surface area (Å²) in [6.45, 7) is 4.21. The summed E-state index contributed by atoms with van der Waals surface area (Å²) in [6.07, 6.45) is 1.85. The van der Waals surface area contributed by atoms with Gasteiger partial charge in [0.2, 0.25) is 0 Å². The van der Waals surface area contributed by atoms with Crippen molar-refractivity contribution in [1.82, 2.24) is 4.57 Å². The van der Waals surface area contributed by atoms with E-state index in [1.54, 1.807) is 10.6 Å². The largest absolute Gasteiger partial charge is 0.477 e. The van der Waals surface area contributed by atoms with Gasteiger partial charge in [0, 0.05) is 15.5 Å². The summed E-state index contributed by atoms with van der Waals surface area (Å²) in [5, 5.41) is 9.25. The lowest BCUT2D eigenvalue weighted by Gasteiger charge is -2.14. The van der Waals surface area contributed by atoms with Crippen molar-refractivity contribution in [1.29, 1.82) is 0 Å². The second-order valence-electron chi connectivity index (χ2n) is 4.43. The third-order valence-electron chi connectivity index (χ3n) is 2.82. The van der Waals surface area contributed by atoms with Crippen molar-refractivity contribution in [3.8, 4) is 5.69 Å². The molecule has 2 aromatic rings. The first-order valence-corrected chi connectivity index (χ1v) is 6.79. The summed E-state index contributed by atoms with van der Waals surface area (Å²) in [6, 6.07) is 9.59. The van der Waals surface area contributed by atoms with E-state index in [9.17, 15) is 9.90 Å². The first-order valence-electron chi connectivity index (χ1n) is 5.71. The molecule has 0 atom stereocenters. The third kappa shape index (κ3) is 2.43. The first-order chi connectivity index (χ1) is 8.50. The summed E-state index contributed by atoms with van der Waals surface area (Å²) in [7, 11) is 0. The smallest absolute Gasteiger partial charge is 0.352 e. The molecule has 1 N–H and O–H groups in total. The van der Waals surface area contributed by atoms with Crippen molar-refractivity contribution in [2.24, 2.45) is 0 Å². The molecule has 1 heterocycles. The maximum Gasteiger partial charge on any atom is 0.352 e. The molecule has 2 rings (SSSR count). The lowest BCUT2D eigenvalue weighted by Crippen LogP contribution is -2.08. The van der Waals surface area contributed by atoms with Crippen molar-refractivity contribution in [2.45, 2.75) is 19.8 Å². The zero-order chi connectivity index (χ0) is 13.3. The Labute approximate surface area is 120 Å². The molecule has 3 nitrogen and oxygen atoms in total. The Balaban J connectivity index is 2.65. The number of hydrogen-bond acceptors (Lipinski definition) is 1. The van der Waals surface area contributed by atoms with Crippen molar-refractivity contribution in [2.75, 3.05) is 0 Å². The Morgan fingerprint density at radius 2 is 2.00 bits per heavy atom. The number of para-hydroxylation sites is 1. The van der Waals surface area contributed by atoms with Gasteiger partial charge in [-0.05, 0) is 46.2 Å². The Hall–Kier alpha value is -1.30. The van der Waals surface area contributed by atoms with Crippen LogP contribution in [-0.4, -0.2) is 15.6 Å². The Morgan fingerprint density at radius 3 is 2.61 bits per heavy atom. The SMILES string of the molecule is CC(C)c1ccccc1-n1cc(I)cc1C(=O)O. The topological polar surface area (TPSA) is 42.2 Å². The molecular weight excluding hydrogens is 341 g/mol. The van der Waals surface area contributed by atoms with Gasteiger partial charge in [-0.2, -0.15) is 0 Å². The molecule has 0 aliphatic rings. The normalized spacial score (nSPS) is 10.9. The molecule has 18 heavy (non-hydrogen) atoms. The van der Waals surface area contributed by atoms with Crippen LogP contribution >= 0.6 is 22.6 Å². The van der Waals surface area contributed by atoms with Gasteiger partial charge < -0.3 is 9.67 Å². The van der Waals surface area contributed by atoms with E-state index in [0.717, 1.165) is 14.8 Å². The molecule has 0 bridgehead atoms. The molecule has 0 spiro atoms. The molecule has 1 aromatic carbocycles. The lowest BCUT2D eigenvalue weighted by molar-refractivity contribution is 0.0688. The van der Waals surface area contributed by atoms with E-state index in [1.165, 1.54) is 0 Å². The van der Waals surface area contributed by atoms with Crippen LogP contribution in [-0.2, 0) is 0 Å². The van der Waals surface area contributed by atoms with E-state index >= 15 is 0 Å². The predicted molar refractivity (Wildman–Crippen MR) is 79.5 cm³/mol. The van der Waals surface area contributed by atoms with E-state index in [1.807, 2.05) is 30.5 Å². The minimum Gasteiger partial charge on any atom is -0.477 e. The van der Waals surface area contributed by atoms with Crippen molar-refractivity contribution in [3.05, 3.63) is 51.4 Å². The van der Waals surface area contributed by atoms with E-state index in [0.29, 0.717) is 11.6 Å². The highest BCUT2D eigenvalue weighted by Crippen LogP contribution is 2.25. The highest BCUT2D eigenvalue weighted by atomic mass is 127. The zero-order valence-electron chi connectivity index (χ0n) is 10.2. The number of hydrogen-bond donors (Lipinski definition) is 1. The minimum absolute atomic E-state index is 0.299. The van der Waals surface area contributed by atoms with Crippen LogP contribution in [0.15, 0.2) is 36.5 Å². The van der Waals surface area contributed by atoms with E-state index < -0.39 is 5.97 Å². The Morgan fingerprint density at radius 1 is 1.33 bits per heavy atom. The van der Waals surface area contributed by atoms with Crippen LogP contribution in [0.2, 0.25) is 0 Å². The molecular formula is C14H14INO2. The quantitative estimate of drug-likeness (QED) is 0.849. The van der Waals surface area contributed by atoms with E-state index in [2.05, 4.69) is 36.4 Å². The monoisotopic (exact) mass is 355 g/mol. The molecule has 0 fully saturated rings. The maximum absolute atomic E-state index is 11.3. The van der Waals surface area contributed by atoms with Crippen LogP contribution in [0.25, 0.3) is 5.69 Å². The van der Waals surface area contributed by atoms with Crippen LogP contribution in [0.1, 0.15) is 35.8 Å². The summed E-state index contributed by atoms with van der Waals surface area (Å²) in [4.78, 5) is 11.3. The first kappa shape index (κ1) is 13.1. The highest BCUT2D eigenvalue weighted by molar-refractivity contribution is 14.1. The number of halogens is 1. The molecule has 94 valence electrons. The molecule has 0 unspecified atom stereocenters. The number of nitrogens with zero attached hydrogens (tertiary/aromatic N) is 1. The van der Waals surface area contributed by atoms with Gasteiger partial charge in [0.05, 0.1) is 0 Å². The van der Waals surface area contributed by atoms with Crippen LogP contribution in [0.3, 0.4) is 0 Å². The number of carboxylic acids is 1.